The SMILES string of the molecule is C[C@@H](NC(=O)COC(=O)c1cccc(O)c1)C1CC1. The molecule has 0 heterocycles. The fourth-order valence-corrected chi connectivity index (χ4v) is 1.86. The number of phenols is 1. The lowest BCUT2D eigenvalue weighted by Crippen LogP contribution is -2.37. The molecular weight excluding hydrogens is 246 g/mol. The molecule has 1 fully saturated rings. The summed E-state index contributed by atoms with van der Waals surface area (Å²) in [5.41, 5.74) is 0.225. The number of carbonyl (C=O) groups excluding carboxylic acids is 2. The molecule has 0 aromatic heterocycles. The lowest BCUT2D eigenvalue weighted by atomic mass is 10.2. The summed E-state index contributed by atoms with van der Waals surface area (Å²) in [7, 11) is 0. The molecule has 5 nitrogen and oxygen atoms in total. The Kier molecular flexibility index (Phi) is 4.04. The van der Waals surface area contributed by atoms with E-state index in [1.165, 1.54) is 18.2 Å². The number of ether oxygens (including phenoxy) is 1. The van der Waals surface area contributed by atoms with Crippen molar-refractivity contribution in [3.63, 3.8) is 0 Å². The molecule has 0 saturated heterocycles. The number of amides is 1. The van der Waals surface area contributed by atoms with Gasteiger partial charge in [-0.05, 0) is 43.9 Å². The van der Waals surface area contributed by atoms with E-state index in [9.17, 15) is 14.7 Å². The minimum Gasteiger partial charge on any atom is -0.508 e. The molecule has 1 amide bonds. The Morgan fingerprint density at radius 1 is 1.47 bits per heavy atom. The summed E-state index contributed by atoms with van der Waals surface area (Å²) in [6, 6.07) is 5.95. The zero-order valence-electron chi connectivity index (χ0n) is 10.8. The van der Waals surface area contributed by atoms with Gasteiger partial charge in [-0.15, -0.1) is 0 Å². The summed E-state index contributed by atoms with van der Waals surface area (Å²) in [4.78, 5) is 23.2. The van der Waals surface area contributed by atoms with Crippen molar-refractivity contribution in [2.75, 3.05) is 6.61 Å². The van der Waals surface area contributed by atoms with Gasteiger partial charge in [0.05, 0.1) is 5.56 Å². The third-order valence-electron chi connectivity index (χ3n) is 3.13. The van der Waals surface area contributed by atoms with Crippen LogP contribution in [-0.4, -0.2) is 29.6 Å². The first-order valence-electron chi connectivity index (χ1n) is 6.32. The molecule has 1 saturated carbocycles. The van der Waals surface area contributed by atoms with Gasteiger partial charge in [-0.2, -0.15) is 0 Å². The Morgan fingerprint density at radius 2 is 2.21 bits per heavy atom. The van der Waals surface area contributed by atoms with Gasteiger partial charge < -0.3 is 15.2 Å². The molecular formula is C14H17NO4. The normalized spacial score (nSPS) is 15.6. The van der Waals surface area contributed by atoms with Crippen LogP contribution < -0.4 is 5.32 Å². The highest BCUT2D eigenvalue weighted by Gasteiger charge is 2.28. The standard InChI is InChI=1S/C14H17NO4/c1-9(10-5-6-10)15-13(17)8-19-14(18)11-3-2-4-12(16)7-11/h2-4,7,9-10,16H,5-6,8H2,1H3,(H,15,17)/t9-/m1/s1. The molecule has 2 rings (SSSR count). The number of nitrogens with one attached hydrogen (secondary N) is 1. The van der Waals surface area contributed by atoms with E-state index in [0.717, 1.165) is 12.8 Å². The van der Waals surface area contributed by atoms with Crippen molar-refractivity contribution in [3.05, 3.63) is 29.8 Å². The molecule has 1 atom stereocenters. The van der Waals surface area contributed by atoms with Gasteiger partial charge >= 0.3 is 5.97 Å². The molecule has 1 aliphatic rings. The fraction of sp³-hybridized carbons (Fsp3) is 0.429. The largest absolute Gasteiger partial charge is 0.508 e. The molecule has 0 aliphatic heterocycles. The van der Waals surface area contributed by atoms with Crippen LogP contribution in [0.1, 0.15) is 30.1 Å². The first kappa shape index (κ1) is 13.4. The Bertz CT molecular complexity index is 482. The van der Waals surface area contributed by atoms with Gasteiger partial charge in [-0.25, -0.2) is 4.79 Å². The van der Waals surface area contributed by atoms with Crippen LogP contribution in [-0.2, 0) is 9.53 Å². The van der Waals surface area contributed by atoms with Crippen molar-refractivity contribution in [3.8, 4) is 5.75 Å². The lowest BCUT2D eigenvalue weighted by molar-refractivity contribution is -0.124. The predicted octanol–water partition coefficient (Wildman–Crippen LogP) is 1.46. The molecule has 2 N–H and O–H groups in total. The second-order valence-corrected chi connectivity index (χ2v) is 4.82. The van der Waals surface area contributed by atoms with E-state index in [2.05, 4.69) is 5.32 Å². The van der Waals surface area contributed by atoms with Crippen LogP contribution in [0.15, 0.2) is 24.3 Å². The van der Waals surface area contributed by atoms with E-state index < -0.39 is 5.97 Å². The second kappa shape index (κ2) is 5.73. The molecule has 0 unspecified atom stereocenters. The number of carbonyl (C=O) groups is 2. The zero-order chi connectivity index (χ0) is 13.8. The Morgan fingerprint density at radius 3 is 2.84 bits per heavy atom. The van der Waals surface area contributed by atoms with Gasteiger partial charge in [0.25, 0.3) is 5.91 Å². The quantitative estimate of drug-likeness (QED) is 0.789. The molecule has 1 aliphatic carbocycles. The lowest BCUT2D eigenvalue weighted by Gasteiger charge is -2.12. The number of hydrogen-bond donors (Lipinski definition) is 2. The summed E-state index contributed by atoms with van der Waals surface area (Å²) in [5.74, 6) is -0.370. The van der Waals surface area contributed by atoms with Crippen molar-refractivity contribution in [2.45, 2.75) is 25.8 Å². The summed E-state index contributed by atoms with van der Waals surface area (Å²) >= 11 is 0. The van der Waals surface area contributed by atoms with Crippen molar-refractivity contribution in [2.24, 2.45) is 5.92 Å². The van der Waals surface area contributed by atoms with Crippen LogP contribution in [0.2, 0.25) is 0 Å². The third-order valence-corrected chi connectivity index (χ3v) is 3.13. The Hall–Kier alpha value is -2.04. The Labute approximate surface area is 111 Å². The maximum absolute atomic E-state index is 11.6. The predicted molar refractivity (Wildman–Crippen MR) is 68.7 cm³/mol. The highest BCUT2D eigenvalue weighted by atomic mass is 16.5. The van der Waals surface area contributed by atoms with E-state index >= 15 is 0 Å². The topological polar surface area (TPSA) is 75.6 Å². The molecule has 0 radical (unpaired) electrons. The summed E-state index contributed by atoms with van der Waals surface area (Å²) in [6.07, 6.45) is 2.29. The van der Waals surface area contributed by atoms with Gasteiger partial charge in [0.2, 0.25) is 0 Å². The molecule has 1 aromatic carbocycles. The van der Waals surface area contributed by atoms with Crippen LogP contribution in [0.4, 0.5) is 0 Å². The van der Waals surface area contributed by atoms with Gasteiger partial charge in [0, 0.05) is 6.04 Å². The van der Waals surface area contributed by atoms with E-state index in [4.69, 9.17) is 4.74 Å². The maximum atomic E-state index is 11.6. The van der Waals surface area contributed by atoms with Crippen LogP contribution >= 0.6 is 0 Å². The van der Waals surface area contributed by atoms with Crippen molar-refractivity contribution < 1.29 is 19.4 Å². The maximum Gasteiger partial charge on any atom is 0.338 e. The first-order valence-corrected chi connectivity index (χ1v) is 6.32. The molecule has 5 heteroatoms. The van der Waals surface area contributed by atoms with Crippen molar-refractivity contribution >= 4 is 11.9 Å². The molecule has 0 spiro atoms. The van der Waals surface area contributed by atoms with E-state index in [1.807, 2.05) is 6.92 Å². The number of phenolic OH excluding ortho intramolecular Hbond substituents is 1. The molecule has 102 valence electrons. The van der Waals surface area contributed by atoms with E-state index in [-0.39, 0.29) is 29.9 Å². The van der Waals surface area contributed by atoms with Crippen LogP contribution in [0.25, 0.3) is 0 Å². The molecule has 1 aromatic rings. The number of aromatic hydroxyl groups is 1. The van der Waals surface area contributed by atoms with Crippen LogP contribution in [0.3, 0.4) is 0 Å². The average molecular weight is 263 g/mol. The number of benzene rings is 1. The van der Waals surface area contributed by atoms with Crippen LogP contribution in [0.5, 0.6) is 5.75 Å². The molecule has 0 bridgehead atoms. The molecule has 19 heavy (non-hydrogen) atoms. The number of esters is 1. The average Bonchev–Trinajstić information content (AvgIpc) is 3.20. The van der Waals surface area contributed by atoms with Gasteiger partial charge in [0.1, 0.15) is 5.75 Å². The smallest absolute Gasteiger partial charge is 0.338 e. The summed E-state index contributed by atoms with van der Waals surface area (Å²) < 4.78 is 4.88. The number of hydrogen-bond acceptors (Lipinski definition) is 4. The first-order chi connectivity index (χ1) is 9.06. The van der Waals surface area contributed by atoms with Gasteiger partial charge in [-0.3, -0.25) is 4.79 Å². The second-order valence-electron chi connectivity index (χ2n) is 4.82. The number of rotatable bonds is 5. The third kappa shape index (κ3) is 3.98. The highest BCUT2D eigenvalue weighted by molar-refractivity contribution is 5.91. The van der Waals surface area contributed by atoms with Crippen LogP contribution in [0, 0.1) is 5.92 Å². The van der Waals surface area contributed by atoms with E-state index in [1.54, 1.807) is 6.07 Å². The Balaban J connectivity index is 1.78. The zero-order valence-corrected chi connectivity index (χ0v) is 10.8. The van der Waals surface area contributed by atoms with Gasteiger partial charge in [-0.1, -0.05) is 6.07 Å². The van der Waals surface area contributed by atoms with Crippen molar-refractivity contribution in [1.82, 2.24) is 5.32 Å². The van der Waals surface area contributed by atoms with Crippen molar-refractivity contribution in [1.29, 1.82) is 0 Å². The van der Waals surface area contributed by atoms with E-state index in [0.29, 0.717) is 5.92 Å². The fourth-order valence-electron chi connectivity index (χ4n) is 1.86. The van der Waals surface area contributed by atoms with Gasteiger partial charge in [0.15, 0.2) is 6.61 Å². The monoisotopic (exact) mass is 263 g/mol. The summed E-state index contributed by atoms with van der Waals surface area (Å²) in [5, 5.41) is 12.0. The summed E-state index contributed by atoms with van der Waals surface area (Å²) in [6.45, 7) is 1.65. The highest BCUT2D eigenvalue weighted by Crippen LogP contribution is 2.32. The minimum absolute atomic E-state index is 0.0127. The minimum atomic E-state index is -0.620.